The Balaban J connectivity index is 1.69. The van der Waals surface area contributed by atoms with Gasteiger partial charge in [0, 0.05) is 18.8 Å². The molecule has 1 aliphatic heterocycles. The van der Waals surface area contributed by atoms with Gasteiger partial charge in [0.05, 0.1) is 30.6 Å². The van der Waals surface area contributed by atoms with Gasteiger partial charge in [0.15, 0.2) is 0 Å². The summed E-state index contributed by atoms with van der Waals surface area (Å²) in [5.41, 5.74) is -0.515. The van der Waals surface area contributed by atoms with Gasteiger partial charge in [-0.3, -0.25) is 14.4 Å². The fraction of sp³-hybridized carbons (Fsp3) is 0.500. The van der Waals surface area contributed by atoms with E-state index in [4.69, 9.17) is 9.84 Å². The summed E-state index contributed by atoms with van der Waals surface area (Å²) in [5, 5.41) is 11.7. The number of carboxylic acids is 1. The Hall–Kier alpha value is -2.48. The summed E-state index contributed by atoms with van der Waals surface area (Å²) in [6.45, 7) is 5.07. The molecule has 1 saturated carbocycles. The summed E-state index contributed by atoms with van der Waals surface area (Å²) < 4.78 is 19.5. The fourth-order valence-corrected chi connectivity index (χ4v) is 3.51. The molecule has 2 N–H and O–H groups in total. The lowest BCUT2D eigenvalue weighted by atomic mass is 10.1. The molecule has 8 heteroatoms. The van der Waals surface area contributed by atoms with E-state index in [1.54, 1.807) is 13.8 Å². The lowest BCUT2D eigenvalue weighted by Gasteiger charge is -2.27. The van der Waals surface area contributed by atoms with Crippen LogP contribution in [0.3, 0.4) is 0 Å². The second-order valence-corrected chi connectivity index (χ2v) is 7.20. The first-order chi connectivity index (χ1) is 12.2. The highest BCUT2D eigenvalue weighted by Crippen LogP contribution is 2.58. The third-order valence-corrected chi connectivity index (χ3v) is 5.14. The maximum Gasteiger partial charge on any atom is 0.307 e. The van der Waals surface area contributed by atoms with E-state index in [1.165, 1.54) is 17.0 Å². The van der Waals surface area contributed by atoms with Gasteiger partial charge in [-0.25, -0.2) is 4.39 Å². The molecule has 3 rings (SSSR count). The number of aliphatic carboxylic acids is 1. The predicted molar refractivity (Wildman–Crippen MR) is 90.1 cm³/mol. The van der Waals surface area contributed by atoms with Crippen LogP contribution in [0.4, 0.5) is 10.1 Å². The molecule has 0 aromatic heterocycles. The monoisotopic (exact) mass is 364 g/mol. The molecule has 26 heavy (non-hydrogen) atoms. The van der Waals surface area contributed by atoms with Crippen LogP contribution < -0.4 is 5.32 Å². The van der Waals surface area contributed by atoms with Crippen LogP contribution in [0, 0.1) is 23.1 Å². The molecule has 7 nitrogen and oxygen atoms in total. The SMILES string of the molecule is CC1(C)[C@H](C(=O)O)[C@@H]1C(=O)Nc1ccc(C(=O)N2CCOCC2)c(F)c1. The summed E-state index contributed by atoms with van der Waals surface area (Å²) in [4.78, 5) is 37.3. The van der Waals surface area contributed by atoms with E-state index in [9.17, 15) is 18.8 Å². The third-order valence-electron chi connectivity index (χ3n) is 5.14. The van der Waals surface area contributed by atoms with Crippen LogP contribution in [0.5, 0.6) is 0 Å². The lowest BCUT2D eigenvalue weighted by Crippen LogP contribution is -2.41. The van der Waals surface area contributed by atoms with Gasteiger partial charge >= 0.3 is 5.97 Å². The van der Waals surface area contributed by atoms with Crippen molar-refractivity contribution in [2.75, 3.05) is 31.6 Å². The van der Waals surface area contributed by atoms with Gasteiger partial charge in [-0.15, -0.1) is 0 Å². The first kappa shape index (κ1) is 18.3. The number of ether oxygens (including phenoxy) is 1. The number of carbonyl (C=O) groups excluding carboxylic acids is 2. The second-order valence-electron chi connectivity index (χ2n) is 7.20. The highest BCUT2D eigenvalue weighted by atomic mass is 19.1. The van der Waals surface area contributed by atoms with Gasteiger partial charge in [0.2, 0.25) is 5.91 Å². The molecule has 0 radical (unpaired) electrons. The zero-order valence-electron chi connectivity index (χ0n) is 14.6. The standard InChI is InChI=1S/C18H21FN2O5/c1-18(2)13(14(18)17(24)25)15(22)20-10-3-4-11(12(19)9-10)16(23)21-5-7-26-8-6-21/h3-4,9,13-14H,5-8H2,1-2H3,(H,20,22)(H,24,25)/t13-,14+/m1/s1. The van der Waals surface area contributed by atoms with Crippen LogP contribution in [0.25, 0.3) is 0 Å². The van der Waals surface area contributed by atoms with Gasteiger partial charge in [-0.1, -0.05) is 13.8 Å². The summed E-state index contributed by atoms with van der Waals surface area (Å²) in [7, 11) is 0. The van der Waals surface area contributed by atoms with Crippen LogP contribution in [0.1, 0.15) is 24.2 Å². The van der Waals surface area contributed by atoms with E-state index >= 15 is 0 Å². The highest BCUT2D eigenvalue weighted by Gasteiger charge is 2.65. The molecule has 1 saturated heterocycles. The molecule has 1 heterocycles. The Labute approximate surface area is 150 Å². The van der Waals surface area contributed by atoms with Crippen LogP contribution in [-0.2, 0) is 14.3 Å². The molecule has 0 spiro atoms. The van der Waals surface area contributed by atoms with Crippen LogP contribution in [0.15, 0.2) is 18.2 Å². The van der Waals surface area contributed by atoms with Crippen molar-refractivity contribution in [3.05, 3.63) is 29.6 Å². The number of amides is 2. The van der Waals surface area contributed by atoms with Gasteiger partial charge < -0.3 is 20.1 Å². The van der Waals surface area contributed by atoms with Crippen molar-refractivity contribution >= 4 is 23.5 Å². The molecule has 1 aromatic rings. The molecule has 2 fully saturated rings. The van der Waals surface area contributed by atoms with Gasteiger partial charge in [0.25, 0.3) is 5.91 Å². The number of nitrogens with one attached hydrogen (secondary N) is 1. The average molecular weight is 364 g/mol. The Morgan fingerprint density at radius 3 is 2.42 bits per heavy atom. The first-order valence-corrected chi connectivity index (χ1v) is 8.43. The van der Waals surface area contributed by atoms with E-state index in [2.05, 4.69) is 5.32 Å². The minimum absolute atomic E-state index is 0.0694. The van der Waals surface area contributed by atoms with Crippen LogP contribution in [0.2, 0.25) is 0 Å². The average Bonchev–Trinajstić information content (AvgIpc) is 3.18. The Kier molecular flexibility index (Phi) is 4.70. The summed E-state index contributed by atoms with van der Waals surface area (Å²) in [5.74, 6) is -4.06. The van der Waals surface area contributed by atoms with Gasteiger partial charge in [0.1, 0.15) is 5.82 Å². The normalized spacial score (nSPS) is 24.0. The second kappa shape index (κ2) is 6.68. The van der Waals surface area contributed by atoms with Crippen LogP contribution in [-0.4, -0.2) is 54.1 Å². The number of hydrogen-bond donors (Lipinski definition) is 2. The number of carboxylic acid groups (broad SMARTS) is 1. The van der Waals surface area contributed by atoms with Gasteiger partial charge in [-0.2, -0.15) is 0 Å². The van der Waals surface area contributed by atoms with Crippen LogP contribution >= 0.6 is 0 Å². The molecule has 2 amide bonds. The maximum absolute atomic E-state index is 14.4. The largest absolute Gasteiger partial charge is 0.481 e. The number of halogens is 1. The topological polar surface area (TPSA) is 95.9 Å². The van der Waals surface area contributed by atoms with E-state index in [0.29, 0.717) is 26.3 Å². The van der Waals surface area contributed by atoms with Crippen molar-refractivity contribution in [1.82, 2.24) is 4.90 Å². The number of nitrogens with zero attached hydrogens (tertiary/aromatic N) is 1. The number of rotatable bonds is 4. The third kappa shape index (κ3) is 3.29. The molecule has 140 valence electrons. The number of morpholine rings is 1. The summed E-state index contributed by atoms with van der Waals surface area (Å²) in [6.07, 6.45) is 0. The number of hydrogen-bond acceptors (Lipinski definition) is 4. The quantitative estimate of drug-likeness (QED) is 0.846. The molecule has 1 aromatic carbocycles. The van der Waals surface area contributed by atoms with E-state index < -0.39 is 40.9 Å². The zero-order valence-corrected chi connectivity index (χ0v) is 14.6. The Morgan fingerprint density at radius 1 is 1.23 bits per heavy atom. The van der Waals surface area contributed by atoms with E-state index in [1.807, 2.05) is 0 Å². The minimum Gasteiger partial charge on any atom is -0.481 e. The fourth-order valence-electron chi connectivity index (χ4n) is 3.51. The highest BCUT2D eigenvalue weighted by molar-refractivity contribution is 6.00. The Morgan fingerprint density at radius 2 is 1.88 bits per heavy atom. The smallest absolute Gasteiger partial charge is 0.307 e. The zero-order chi connectivity index (χ0) is 19.1. The first-order valence-electron chi connectivity index (χ1n) is 8.43. The molecule has 0 unspecified atom stereocenters. The van der Waals surface area contributed by atoms with Gasteiger partial charge in [-0.05, 0) is 23.6 Å². The predicted octanol–water partition coefficient (Wildman–Crippen LogP) is 1.59. The number of anilines is 1. The van der Waals surface area contributed by atoms with Crippen molar-refractivity contribution in [3.63, 3.8) is 0 Å². The van der Waals surface area contributed by atoms with Crippen molar-refractivity contribution < 1.29 is 28.6 Å². The van der Waals surface area contributed by atoms with Crippen molar-refractivity contribution in [2.45, 2.75) is 13.8 Å². The molecule has 2 atom stereocenters. The molecule has 2 aliphatic rings. The molecular formula is C18H21FN2O5. The minimum atomic E-state index is -1.02. The summed E-state index contributed by atoms with van der Waals surface area (Å²) in [6, 6.07) is 3.85. The molecule has 0 bridgehead atoms. The Bertz CT molecular complexity index is 758. The van der Waals surface area contributed by atoms with E-state index in [0.717, 1.165) is 6.07 Å². The molecular weight excluding hydrogens is 343 g/mol. The molecule has 1 aliphatic carbocycles. The van der Waals surface area contributed by atoms with E-state index in [-0.39, 0.29) is 11.3 Å². The van der Waals surface area contributed by atoms with Crippen molar-refractivity contribution in [3.8, 4) is 0 Å². The van der Waals surface area contributed by atoms with Crippen molar-refractivity contribution in [2.24, 2.45) is 17.3 Å². The number of carbonyl (C=O) groups is 3. The number of benzene rings is 1. The summed E-state index contributed by atoms with van der Waals surface area (Å²) >= 11 is 0. The maximum atomic E-state index is 14.4. The van der Waals surface area contributed by atoms with Crippen molar-refractivity contribution in [1.29, 1.82) is 0 Å². The lowest BCUT2D eigenvalue weighted by molar-refractivity contribution is -0.140.